The third kappa shape index (κ3) is 2.01. The summed E-state index contributed by atoms with van der Waals surface area (Å²) in [5, 5.41) is 8.91. The molecule has 2 aliphatic rings. The summed E-state index contributed by atoms with van der Waals surface area (Å²) in [7, 11) is 0. The lowest BCUT2D eigenvalue weighted by Crippen LogP contribution is -2.30. The molecule has 5 heterocycles. The largest absolute Gasteiger partial charge is 0.347 e. The van der Waals surface area contributed by atoms with Crippen LogP contribution in [-0.4, -0.2) is 43.2 Å². The molecule has 1 fully saturated rings. The highest BCUT2D eigenvalue weighted by atomic mass is 16.7. The molecule has 0 aliphatic carbocycles. The maximum atomic E-state index is 5.89. The van der Waals surface area contributed by atoms with Crippen LogP contribution in [0.5, 0.6) is 0 Å². The first kappa shape index (κ1) is 14.1. The summed E-state index contributed by atoms with van der Waals surface area (Å²) in [5.41, 5.74) is 2.90. The number of pyridine rings is 1. The third-order valence-electron chi connectivity index (χ3n) is 5.00. The van der Waals surface area contributed by atoms with Gasteiger partial charge in [-0.15, -0.1) is 10.2 Å². The molecule has 0 amide bonds. The van der Waals surface area contributed by atoms with Crippen molar-refractivity contribution in [2.75, 3.05) is 13.2 Å². The smallest absolute Gasteiger partial charge is 0.182 e. The summed E-state index contributed by atoms with van der Waals surface area (Å²) in [4.78, 5) is 4.64. The number of imidazole rings is 1. The standard InChI is InChI=1S/C17H19N5O2/c1-12-15(21-8-3-2-4-13(21)18-12)16-20-19-14-5-6-17(7-9-22(14)16)23-10-11-24-17/h2-4,8H,5-7,9-11H2,1H3. The Morgan fingerprint density at radius 1 is 1.12 bits per heavy atom. The molecule has 1 spiro atoms. The van der Waals surface area contributed by atoms with E-state index in [-0.39, 0.29) is 0 Å². The van der Waals surface area contributed by atoms with E-state index in [0.29, 0.717) is 13.2 Å². The van der Waals surface area contributed by atoms with E-state index in [1.54, 1.807) is 0 Å². The lowest BCUT2D eigenvalue weighted by molar-refractivity contribution is -0.165. The molecule has 24 heavy (non-hydrogen) atoms. The van der Waals surface area contributed by atoms with E-state index in [9.17, 15) is 0 Å². The minimum atomic E-state index is -0.438. The van der Waals surface area contributed by atoms with E-state index in [0.717, 1.165) is 54.5 Å². The number of fused-ring (bicyclic) bond motifs is 2. The minimum Gasteiger partial charge on any atom is -0.347 e. The van der Waals surface area contributed by atoms with Gasteiger partial charge in [0, 0.05) is 32.0 Å². The summed E-state index contributed by atoms with van der Waals surface area (Å²) in [6, 6.07) is 6.01. The zero-order valence-corrected chi connectivity index (χ0v) is 13.6. The molecule has 0 aromatic carbocycles. The molecule has 3 aromatic heterocycles. The lowest BCUT2D eigenvalue weighted by Gasteiger charge is -2.25. The number of nitrogens with zero attached hydrogens (tertiary/aromatic N) is 5. The maximum Gasteiger partial charge on any atom is 0.182 e. The number of ether oxygens (including phenoxy) is 2. The molecule has 0 saturated carbocycles. The van der Waals surface area contributed by atoms with Crippen LogP contribution < -0.4 is 0 Å². The molecule has 0 radical (unpaired) electrons. The van der Waals surface area contributed by atoms with Gasteiger partial charge in [-0.3, -0.25) is 4.40 Å². The van der Waals surface area contributed by atoms with Crippen LogP contribution in [0.3, 0.4) is 0 Å². The molecule has 7 nitrogen and oxygen atoms in total. The summed E-state index contributed by atoms with van der Waals surface area (Å²) in [6.07, 6.45) is 4.48. The minimum absolute atomic E-state index is 0.438. The van der Waals surface area contributed by atoms with Gasteiger partial charge in [-0.2, -0.15) is 0 Å². The first-order chi connectivity index (χ1) is 11.8. The van der Waals surface area contributed by atoms with Gasteiger partial charge in [0.05, 0.1) is 18.9 Å². The van der Waals surface area contributed by atoms with Crippen LogP contribution in [0, 0.1) is 6.92 Å². The highest BCUT2D eigenvalue weighted by Crippen LogP contribution is 2.34. The van der Waals surface area contributed by atoms with Gasteiger partial charge in [-0.25, -0.2) is 4.98 Å². The van der Waals surface area contributed by atoms with Gasteiger partial charge < -0.3 is 14.0 Å². The van der Waals surface area contributed by atoms with Gasteiger partial charge in [0.15, 0.2) is 11.6 Å². The molecule has 7 heteroatoms. The average molecular weight is 325 g/mol. The first-order valence-electron chi connectivity index (χ1n) is 8.40. The predicted octanol–water partition coefficient (Wildman–Crippen LogP) is 1.98. The van der Waals surface area contributed by atoms with E-state index in [1.165, 1.54) is 0 Å². The van der Waals surface area contributed by atoms with Gasteiger partial charge in [-0.1, -0.05) is 6.07 Å². The molecule has 124 valence electrons. The van der Waals surface area contributed by atoms with Crippen LogP contribution in [0.1, 0.15) is 24.4 Å². The second-order valence-electron chi connectivity index (χ2n) is 6.42. The molecular weight excluding hydrogens is 306 g/mol. The van der Waals surface area contributed by atoms with Crippen molar-refractivity contribution in [3.05, 3.63) is 35.9 Å². The van der Waals surface area contributed by atoms with E-state index in [2.05, 4.69) is 24.1 Å². The number of aryl methyl sites for hydroxylation is 2. The normalized spacial score (nSPS) is 19.7. The zero-order chi connectivity index (χ0) is 16.1. The Hall–Kier alpha value is -2.25. The Morgan fingerprint density at radius 2 is 2.00 bits per heavy atom. The van der Waals surface area contributed by atoms with Crippen molar-refractivity contribution in [2.45, 2.75) is 38.5 Å². The van der Waals surface area contributed by atoms with E-state index < -0.39 is 5.79 Å². The summed E-state index contributed by atoms with van der Waals surface area (Å²) < 4.78 is 16.0. The van der Waals surface area contributed by atoms with E-state index in [4.69, 9.17) is 9.47 Å². The van der Waals surface area contributed by atoms with Crippen molar-refractivity contribution < 1.29 is 9.47 Å². The summed E-state index contributed by atoms with van der Waals surface area (Å²) in [6.45, 7) is 4.17. The highest BCUT2D eigenvalue weighted by molar-refractivity contribution is 5.61. The number of hydrogen-bond donors (Lipinski definition) is 0. The topological polar surface area (TPSA) is 66.5 Å². The maximum absolute atomic E-state index is 5.89. The fourth-order valence-corrected chi connectivity index (χ4v) is 3.81. The van der Waals surface area contributed by atoms with Crippen LogP contribution in [0.15, 0.2) is 24.4 Å². The number of hydrogen-bond acceptors (Lipinski definition) is 5. The zero-order valence-electron chi connectivity index (χ0n) is 13.6. The quantitative estimate of drug-likeness (QED) is 0.684. The molecular formula is C17H19N5O2. The van der Waals surface area contributed by atoms with Crippen LogP contribution in [-0.2, 0) is 22.4 Å². The molecule has 0 N–H and O–H groups in total. The number of rotatable bonds is 1. The third-order valence-corrected chi connectivity index (χ3v) is 5.00. The Labute approximate surface area is 139 Å². The van der Waals surface area contributed by atoms with Crippen molar-refractivity contribution in [1.82, 2.24) is 24.1 Å². The van der Waals surface area contributed by atoms with E-state index in [1.807, 2.05) is 31.3 Å². The number of aromatic nitrogens is 5. The Morgan fingerprint density at radius 3 is 2.88 bits per heavy atom. The first-order valence-corrected chi connectivity index (χ1v) is 8.40. The van der Waals surface area contributed by atoms with E-state index >= 15 is 0 Å². The molecule has 3 aromatic rings. The Bertz CT molecular complexity index is 907. The van der Waals surface area contributed by atoms with Gasteiger partial charge >= 0.3 is 0 Å². The van der Waals surface area contributed by atoms with Crippen LogP contribution in [0.4, 0.5) is 0 Å². The predicted molar refractivity (Wildman–Crippen MR) is 86.5 cm³/mol. The molecule has 0 unspecified atom stereocenters. The van der Waals surface area contributed by atoms with Gasteiger partial charge in [-0.05, 0) is 19.1 Å². The fourth-order valence-electron chi connectivity index (χ4n) is 3.81. The van der Waals surface area contributed by atoms with Gasteiger partial charge in [0.2, 0.25) is 0 Å². The fraction of sp³-hybridized carbons (Fsp3) is 0.471. The molecule has 2 aliphatic heterocycles. The van der Waals surface area contributed by atoms with Crippen LogP contribution >= 0.6 is 0 Å². The second-order valence-corrected chi connectivity index (χ2v) is 6.42. The summed E-state index contributed by atoms with van der Waals surface area (Å²) >= 11 is 0. The second kappa shape index (κ2) is 5.12. The molecule has 0 bridgehead atoms. The van der Waals surface area contributed by atoms with Crippen molar-refractivity contribution in [1.29, 1.82) is 0 Å². The molecule has 1 saturated heterocycles. The van der Waals surface area contributed by atoms with Crippen LogP contribution in [0.2, 0.25) is 0 Å². The Balaban J connectivity index is 1.60. The van der Waals surface area contributed by atoms with Crippen molar-refractivity contribution in [3.63, 3.8) is 0 Å². The Kier molecular flexibility index (Phi) is 3.01. The van der Waals surface area contributed by atoms with Crippen molar-refractivity contribution >= 4 is 5.65 Å². The van der Waals surface area contributed by atoms with Crippen LogP contribution in [0.25, 0.3) is 17.2 Å². The highest BCUT2D eigenvalue weighted by Gasteiger charge is 2.39. The monoisotopic (exact) mass is 325 g/mol. The lowest BCUT2D eigenvalue weighted by atomic mass is 10.1. The summed E-state index contributed by atoms with van der Waals surface area (Å²) in [5.74, 6) is 1.43. The van der Waals surface area contributed by atoms with Crippen molar-refractivity contribution in [2.24, 2.45) is 0 Å². The van der Waals surface area contributed by atoms with Gasteiger partial charge in [0.1, 0.15) is 17.2 Å². The van der Waals surface area contributed by atoms with Crippen molar-refractivity contribution in [3.8, 4) is 11.5 Å². The average Bonchev–Trinajstić information content (AvgIpc) is 3.24. The van der Waals surface area contributed by atoms with Gasteiger partial charge in [0.25, 0.3) is 0 Å². The molecule has 0 atom stereocenters. The SMILES string of the molecule is Cc1nc2ccccn2c1-c1nnc2n1CCC1(CC2)OCCO1. The molecule has 5 rings (SSSR count).